The molecule has 1 amide bonds. The number of carbonyl (C=O) groups excluding carboxylic acids is 1. The van der Waals surface area contributed by atoms with Crippen molar-refractivity contribution in [2.75, 3.05) is 13.1 Å². The number of amides is 1. The molecule has 2 aliphatic rings. The van der Waals surface area contributed by atoms with Gasteiger partial charge in [0.15, 0.2) is 0 Å². The first-order valence-electron chi connectivity index (χ1n) is 8.99. The number of nitrogens with one attached hydrogen (secondary N) is 1. The van der Waals surface area contributed by atoms with Gasteiger partial charge in [0.2, 0.25) is 0 Å². The third-order valence-electron chi connectivity index (χ3n) is 5.80. The molecule has 1 saturated heterocycles. The zero-order chi connectivity index (χ0) is 17.3. The zero-order valence-corrected chi connectivity index (χ0v) is 15.4. The summed E-state index contributed by atoms with van der Waals surface area (Å²) in [6, 6.07) is 4.74. The SMILES string of the molecule is Cc1ccc(CN2CCC3(CC[C@@H]3NC(=O)c3cnccn3)CC2)s1. The summed E-state index contributed by atoms with van der Waals surface area (Å²) in [6.45, 7) is 5.46. The van der Waals surface area contributed by atoms with Crippen molar-refractivity contribution in [3.63, 3.8) is 0 Å². The van der Waals surface area contributed by atoms with E-state index in [1.54, 1.807) is 12.4 Å². The van der Waals surface area contributed by atoms with Gasteiger partial charge in [-0.15, -0.1) is 11.3 Å². The van der Waals surface area contributed by atoms with Crippen molar-refractivity contribution in [3.8, 4) is 0 Å². The highest BCUT2D eigenvalue weighted by Crippen LogP contribution is 2.49. The van der Waals surface area contributed by atoms with Crippen LogP contribution < -0.4 is 5.32 Å². The van der Waals surface area contributed by atoms with E-state index in [1.807, 2.05) is 11.3 Å². The average molecular weight is 356 g/mol. The van der Waals surface area contributed by atoms with Crippen LogP contribution in [-0.4, -0.2) is 39.9 Å². The first kappa shape index (κ1) is 16.7. The lowest BCUT2D eigenvalue weighted by Gasteiger charge is -2.54. The average Bonchev–Trinajstić information content (AvgIpc) is 3.05. The molecule has 1 atom stereocenters. The maximum atomic E-state index is 12.4. The molecule has 0 bridgehead atoms. The van der Waals surface area contributed by atoms with Gasteiger partial charge in [0.05, 0.1) is 6.20 Å². The normalized spacial score (nSPS) is 22.5. The number of likely N-dealkylation sites (tertiary alicyclic amines) is 1. The van der Waals surface area contributed by atoms with E-state index in [0.717, 1.165) is 26.1 Å². The number of hydrogen-bond acceptors (Lipinski definition) is 5. The van der Waals surface area contributed by atoms with Crippen molar-refractivity contribution in [1.29, 1.82) is 0 Å². The summed E-state index contributed by atoms with van der Waals surface area (Å²) in [7, 11) is 0. The van der Waals surface area contributed by atoms with Gasteiger partial charge >= 0.3 is 0 Å². The van der Waals surface area contributed by atoms with E-state index in [9.17, 15) is 4.79 Å². The van der Waals surface area contributed by atoms with E-state index in [4.69, 9.17) is 0 Å². The molecule has 132 valence electrons. The fraction of sp³-hybridized carbons (Fsp3) is 0.526. The molecule has 6 heteroatoms. The van der Waals surface area contributed by atoms with Crippen LogP contribution in [0.2, 0.25) is 0 Å². The Balaban J connectivity index is 1.32. The Morgan fingerprint density at radius 2 is 2.16 bits per heavy atom. The smallest absolute Gasteiger partial charge is 0.271 e. The predicted molar refractivity (Wildman–Crippen MR) is 98.5 cm³/mol. The number of nitrogens with zero attached hydrogens (tertiary/aromatic N) is 3. The van der Waals surface area contributed by atoms with Crippen molar-refractivity contribution in [3.05, 3.63) is 46.2 Å². The van der Waals surface area contributed by atoms with E-state index < -0.39 is 0 Å². The van der Waals surface area contributed by atoms with Gasteiger partial charge in [-0.1, -0.05) is 0 Å². The minimum Gasteiger partial charge on any atom is -0.347 e. The second-order valence-corrected chi connectivity index (χ2v) is 8.68. The van der Waals surface area contributed by atoms with E-state index in [0.29, 0.717) is 11.1 Å². The Kier molecular flexibility index (Phi) is 4.56. The number of carbonyl (C=O) groups is 1. The van der Waals surface area contributed by atoms with Crippen LogP contribution in [-0.2, 0) is 6.54 Å². The maximum Gasteiger partial charge on any atom is 0.271 e. The highest BCUT2D eigenvalue weighted by molar-refractivity contribution is 7.11. The van der Waals surface area contributed by atoms with Crippen molar-refractivity contribution in [2.24, 2.45) is 5.41 Å². The number of hydrogen-bond donors (Lipinski definition) is 1. The quantitative estimate of drug-likeness (QED) is 0.915. The Morgan fingerprint density at radius 1 is 1.32 bits per heavy atom. The summed E-state index contributed by atoms with van der Waals surface area (Å²) in [5, 5.41) is 3.20. The molecule has 1 saturated carbocycles. The van der Waals surface area contributed by atoms with E-state index in [-0.39, 0.29) is 11.9 Å². The molecule has 2 aromatic heterocycles. The summed E-state index contributed by atoms with van der Waals surface area (Å²) >= 11 is 1.90. The summed E-state index contributed by atoms with van der Waals surface area (Å²) in [5.74, 6) is -0.0892. The first-order chi connectivity index (χ1) is 12.1. The molecular weight excluding hydrogens is 332 g/mol. The van der Waals surface area contributed by atoms with Crippen LogP contribution in [0.5, 0.6) is 0 Å². The van der Waals surface area contributed by atoms with E-state index in [2.05, 4.69) is 39.2 Å². The molecule has 1 aliphatic carbocycles. The highest BCUT2D eigenvalue weighted by Gasteiger charge is 2.48. The summed E-state index contributed by atoms with van der Waals surface area (Å²) in [5.41, 5.74) is 0.703. The molecule has 0 unspecified atom stereocenters. The Morgan fingerprint density at radius 3 is 2.76 bits per heavy atom. The molecule has 0 aromatic carbocycles. The Hall–Kier alpha value is -1.79. The van der Waals surface area contributed by atoms with Crippen molar-refractivity contribution < 1.29 is 4.79 Å². The lowest BCUT2D eigenvalue weighted by atomic mass is 9.59. The molecule has 5 nitrogen and oxygen atoms in total. The predicted octanol–water partition coefficient (Wildman–Crippen LogP) is 3.02. The third-order valence-corrected chi connectivity index (χ3v) is 6.78. The van der Waals surface area contributed by atoms with Gasteiger partial charge in [-0.05, 0) is 63.2 Å². The summed E-state index contributed by atoms with van der Waals surface area (Å²) < 4.78 is 0. The number of aryl methyl sites for hydroxylation is 1. The molecule has 1 aliphatic heterocycles. The molecule has 2 aromatic rings. The minimum atomic E-state index is -0.0892. The molecule has 4 rings (SSSR count). The molecule has 1 N–H and O–H groups in total. The number of piperidine rings is 1. The monoisotopic (exact) mass is 356 g/mol. The fourth-order valence-electron chi connectivity index (χ4n) is 4.12. The van der Waals surface area contributed by atoms with Gasteiger partial charge < -0.3 is 5.32 Å². The van der Waals surface area contributed by atoms with Gasteiger partial charge in [0.25, 0.3) is 5.91 Å². The largest absolute Gasteiger partial charge is 0.347 e. The van der Waals surface area contributed by atoms with E-state index in [1.165, 1.54) is 35.2 Å². The van der Waals surface area contributed by atoms with Crippen LogP contribution in [0.15, 0.2) is 30.7 Å². The third kappa shape index (κ3) is 3.46. The van der Waals surface area contributed by atoms with Crippen LogP contribution in [0.1, 0.15) is 45.9 Å². The van der Waals surface area contributed by atoms with Crippen LogP contribution >= 0.6 is 11.3 Å². The molecule has 2 fully saturated rings. The fourth-order valence-corrected chi connectivity index (χ4v) is 5.05. The number of aromatic nitrogens is 2. The lowest BCUT2D eigenvalue weighted by Crippen LogP contribution is -2.59. The topological polar surface area (TPSA) is 58.1 Å². The minimum absolute atomic E-state index is 0.0892. The second kappa shape index (κ2) is 6.84. The van der Waals surface area contributed by atoms with Gasteiger partial charge in [-0.3, -0.25) is 14.7 Å². The molecule has 25 heavy (non-hydrogen) atoms. The van der Waals surface area contributed by atoms with Crippen LogP contribution in [0.4, 0.5) is 0 Å². The summed E-state index contributed by atoms with van der Waals surface area (Å²) in [6.07, 6.45) is 9.33. The van der Waals surface area contributed by atoms with Gasteiger partial charge in [-0.25, -0.2) is 4.98 Å². The van der Waals surface area contributed by atoms with Gasteiger partial charge in [0.1, 0.15) is 5.69 Å². The molecule has 1 spiro atoms. The number of rotatable bonds is 4. The van der Waals surface area contributed by atoms with Crippen molar-refractivity contribution in [2.45, 2.75) is 45.2 Å². The Bertz CT molecular complexity index is 737. The molecular formula is C19H24N4OS. The van der Waals surface area contributed by atoms with Crippen LogP contribution in [0, 0.1) is 12.3 Å². The standard InChI is InChI=1S/C19H24N4OS/c1-14-2-3-15(25-14)13-23-10-6-19(7-11-23)5-4-17(19)22-18(24)16-12-20-8-9-21-16/h2-3,8-9,12,17H,4-7,10-11,13H2,1H3,(H,22,24)/t17-/m0/s1. The van der Waals surface area contributed by atoms with Gasteiger partial charge in [-0.2, -0.15) is 0 Å². The number of thiophene rings is 1. The van der Waals surface area contributed by atoms with Crippen molar-refractivity contribution >= 4 is 17.2 Å². The summed E-state index contributed by atoms with van der Waals surface area (Å²) in [4.78, 5) is 25.8. The Labute approximate surface area is 152 Å². The van der Waals surface area contributed by atoms with Gasteiger partial charge in [0, 0.05) is 34.7 Å². The van der Waals surface area contributed by atoms with E-state index >= 15 is 0 Å². The first-order valence-corrected chi connectivity index (χ1v) is 9.81. The molecule has 0 radical (unpaired) electrons. The maximum absolute atomic E-state index is 12.4. The van der Waals surface area contributed by atoms with Crippen LogP contribution in [0.3, 0.4) is 0 Å². The highest BCUT2D eigenvalue weighted by atomic mass is 32.1. The lowest BCUT2D eigenvalue weighted by molar-refractivity contribution is -0.00695. The molecule has 3 heterocycles. The van der Waals surface area contributed by atoms with Crippen molar-refractivity contribution in [1.82, 2.24) is 20.2 Å². The van der Waals surface area contributed by atoms with Crippen LogP contribution in [0.25, 0.3) is 0 Å². The zero-order valence-electron chi connectivity index (χ0n) is 14.6. The second-order valence-electron chi connectivity index (χ2n) is 7.31.